The van der Waals surface area contributed by atoms with Crippen LogP contribution in [0.25, 0.3) is 0 Å². The Labute approximate surface area is 156 Å². The summed E-state index contributed by atoms with van der Waals surface area (Å²) >= 11 is 0. The van der Waals surface area contributed by atoms with Gasteiger partial charge in [-0.05, 0) is 29.2 Å². The number of fused-ring (bicyclic) bond motifs is 1. The normalized spacial score (nSPS) is 13.7. The number of ether oxygens (including phenoxy) is 1. The lowest BCUT2D eigenvalue weighted by Crippen LogP contribution is -2.29. The molecule has 0 unspecified atom stereocenters. The predicted octanol–water partition coefficient (Wildman–Crippen LogP) is 3.70. The Morgan fingerprint density at radius 3 is 2.07 bits per heavy atom. The first-order chi connectivity index (χ1) is 12.6. The molecule has 0 radical (unpaired) electrons. The number of carbonyl (C=O) groups excluding carboxylic acids is 2. The minimum absolute atomic E-state index is 0.0598. The maximum atomic E-state index is 12.6. The second-order valence-electron chi connectivity index (χ2n) is 7.44. The Bertz CT molecular complexity index is 924. The van der Waals surface area contributed by atoms with E-state index in [1.54, 1.807) is 30.3 Å². The van der Waals surface area contributed by atoms with Gasteiger partial charge in [-0.1, -0.05) is 32.9 Å². The van der Waals surface area contributed by atoms with Crippen LogP contribution in [-0.4, -0.2) is 28.7 Å². The fourth-order valence-corrected chi connectivity index (χ4v) is 3.15. The lowest BCUT2D eigenvalue weighted by Gasteiger charge is -2.22. The summed E-state index contributed by atoms with van der Waals surface area (Å²) in [5.74, 6) is -0.771. The van der Waals surface area contributed by atoms with Crippen LogP contribution in [0.5, 0.6) is 5.75 Å². The molecule has 0 saturated heterocycles. The third kappa shape index (κ3) is 3.16. The molecule has 7 nitrogen and oxygen atoms in total. The summed E-state index contributed by atoms with van der Waals surface area (Å²) in [6, 6.07) is 9.82. The molecule has 2 aromatic rings. The van der Waals surface area contributed by atoms with E-state index in [1.165, 1.54) is 13.2 Å². The summed E-state index contributed by atoms with van der Waals surface area (Å²) < 4.78 is 5.27. The van der Waals surface area contributed by atoms with Crippen molar-refractivity contribution in [3.8, 4) is 5.75 Å². The van der Waals surface area contributed by atoms with Crippen LogP contribution in [0.3, 0.4) is 0 Å². The summed E-state index contributed by atoms with van der Waals surface area (Å²) in [4.78, 5) is 37.4. The maximum Gasteiger partial charge on any atom is 0.311 e. The van der Waals surface area contributed by atoms with Gasteiger partial charge in [-0.2, -0.15) is 0 Å². The van der Waals surface area contributed by atoms with Crippen LogP contribution in [0.15, 0.2) is 36.4 Å². The van der Waals surface area contributed by atoms with Gasteiger partial charge in [-0.3, -0.25) is 24.6 Å². The molecule has 0 bridgehead atoms. The SMILES string of the molecule is COc1c(CN2C(=O)c3ccccc3C2=O)cc(C(C)(C)C)cc1[N+](=O)[O-]. The van der Waals surface area contributed by atoms with Crippen molar-refractivity contribution in [2.75, 3.05) is 7.11 Å². The van der Waals surface area contributed by atoms with E-state index in [9.17, 15) is 19.7 Å². The molecule has 3 rings (SSSR count). The number of hydrogen-bond acceptors (Lipinski definition) is 5. The van der Waals surface area contributed by atoms with Crippen molar-refractivity contribution in [2.24, 2.45) is 0 Å². The molecule has 0 spiro atoms. The number of rotatable bonds is 4. The fraction of sp³-hybridized carbons (Fsp3) is 0.300. The van der Waals surface area contributed by atoms with E-state index in [-0.39, 0.29) is 23.4 Å². The van der Waals surface area contributed by atoms with Gasteiger partial charge in [0.2, 0.25) is 5.75 Å². The van der Waals surface area contributed by atoms with Crippen LogP contribution in [0.4, 0.5) is 5.69 Å². The largest absolute Gasteiger partial charge is 0.490 e. The molecule has 1 heterocycles. The Morgan fingerprint density at radius 1 is 1.07 bits per heavy atom. The van der Waals surface area contributed by atoms with E-state index < -0.39 is 16.7 Å². The lowest BCUT2D eigenvalue weighted by molar-refractivity contribution is -0.385. The van der Waals surface area contributed by atoms with Crippen LogP contribution in [0, 0.1) is 10.1 Å². The topological polar surface area (TPSA) is 89.8 Å². The minimum Gasteiger partial charge on any atom is -0.490 e. The molecule has 1 aliphatic heterocycles. The Kier molecular flexibility index (Phi) is 4.47. The molecule has 7 heteroatoms. The monoisotopic (exact) mass is 368 g/mol. The number of benzene rings is 2. The lowest BCUT2D eigenvalue weighted by atomic mass is 9.85. The molecular formula is C20H20N2O5. The van der Waals surface area contributed by atoms with Gasteiger partial charge in [0.05, 0.1) is 29.7 Å². The van der Waals surface area contributed by atoms with Crippen LogP contribution in [0.1, 0.15) is 52.6 Å². The molecule has 0 saturated carbocycles. The second-order valence-corrected chi connectivity index (χ2v) is 7.44. The Morgan fingerprint density at radius 2 is 1.63 bits per heavy atom. The summed E-state index contributed by atoms with van der Waals surface area (Å²) in [7, 11) is 1.34. The summed E-state index contributed by atoms with van der Waals surface area (Å²) in [5.41, 5.74) is 1.28. The molecular weight excluding hydrogens is 348 g/mol. The van der Waals surface area contributed by atoms with Gasteiger partial charge in [0.15, 0.2) is 0 Å². The van der Waals surface area contributed by atoms with Gasteiger partial charge >= 0.3 is 5.69 Å². The second kappa shape index (κ2) is 6.50. The average molecular weight is 368 g/mol. The van der Waals surface area contributed by atoms with E-state index in [0.717, 1.165) is 10.5 Å². The standard InChI is InChI=1S/C20H20N2O5/c1-20(2,3)13-9-12(17(27-4)16(10-13)22(25)26)11-21-18(23)14-7-5-6-8-15(14)19(21)24/h5-10H,11H2,1-4H3. The highest BCUT2D eigenvalue weighted by molar-refractivity contribution is 6.21. The molecule has 0 atom stereocenters. The Hall–Kier alpha value is -3.22. The smallest absolute Gasteiger partial charge is 0.311 e. The molecule has 0 aliphatic carbocycles. The number of imide groups is 1. The molecule has 0 N–H and O–H groups in total. The van der Waals surface area contributed by atoms with E-state index in [4.69, 9.17) is 4.74 Å². The van der Waals surface area contributed by atoms with Crippen molar-refractivity contribution in [1.29, 1.82) is 0 Å². The number of hydrogen-bond donors (Lipinski definition) is 0. The first kappa shape index (κ1) is 18.6. The number of carbonyl (C=O) groups is 2. The van der Waals surface area contributed by atoms with Crippen molar-refractivity contribution in [3.63, 3.8) is 0 Å². The van der Waals surface area contributed by atoms with Crippen molar-refractivity contribution in [1.82, 2.24) is 4.90 Å². The number of nitrogens with zero attached hydrogens (tertiary/aromatic N) is 2. The molecule has 2 amide bonds. The molecule has 0 fully saturated rings. The van der Waals surface area contributed by atoms with Crippen molar-refractivity contribution in [3.05, 3.63) is 68.8 Å². The van der Waals surface area contributed by atoms with E-state index in [1.807, 2.05) is 20.8 Å². The molecule has 1 aliphatic rings. The number of nitro groups is 1. The molecule has 0 aromatic heterocycles. The van der Waals surface area contributed by atoms with Gasteiger partial charge in [-0.15, -0.1) is 0 Å². The van der Waals surface area contributed by atoms with E-state index in [2.05, 4.69) is 0 Å². The third-order valence-electron chi connectivity index (χ3n) is 4.62. The van der Waals surface area contributed by atoms with Gasteiger partial charge in [-0.25, -0.2) is 0 Å². The van der Waals surface area contributed by atoms with Crippen molar-refractivity contribution < 1.29 is 19.2 Å². The summed E-state index contributed by atoms with van der Waals surface area (Å²) in [6.07, 6.45) is 0. The van der Waals surface area contributed by atoms with Gasteiger partial charge < -0.3 is 4.74 Å². The third-order valence-corrected chi connectivity index (χ3v) is 4.62. The van der Waals surface area contributed by atoms with E-state index in [0.29, 0.717) is 16.7 Å². The average Bonchev–Trinajstić information content (AvgIpc) is 2.85. The minimum atomic E-state index is -0.514. The van der Waals surface area contributed by atoms with Crippen molar-refractivity contribution >= 4 is 17.5 Å². The molecule has 140 valence electrons. The van der Waals surface area contributed by atoms with E-state index >= 15 is 0 Å². The van der Waals surface area contributed by atoms with Gasteiger partial charge in [0.25, 0.3) is 11.8 Å². The first-order valence-electron chi connectivity index (χ1n) is 8.46. The summed E-state index contributed by atoms with van der Waals surface area (Å²) in [6.45, 7) is 5.71. The Balaban J connectivity index is 2.09. The van der Waals surface area contributed by atoms with Gasteiger partial charge in [0, 0.05) is 11.6 Å². The van der Waals surface area contributed by atoms with Crippen LogP contribution in [0.2, 0.25) is 0 Å². The number of methoxy groups -OCH3 is 1. The van der Waals surface area contributed by atoms with Crippen molar-refractivity contribution in [2.45, 2.75) is 32.7 Å². The highest BCUT2D eigenvalue weighted by Crippen LogP contribution is 2.38. The first-order valence-corrected chi connectivity index (χ1v) is 8.46. The number of amides is 2. The van der Waals surface area contributed by atoms with Gasteiger partial charge in [0.1, 0.15) is 0 Å². The zero-order chi connectivity index (χ0) is 19.9. The highest BCUT2D eigenvalue weighted by Gasteiger charge is 2.36. The van der Waals surface area contributed by atoms with Crippen LogP contribution >= 0.6 is 0 Å². The zero-order valence-corrected chi connectivity index (χ0v) is 15.6. The number of nitro benzene ring substituents is 1. The zero-order valence-electron chi connectivity index (χ0n) is 15.6. The van der Waals surface area contributed by atoms with Crippen LogP contribution < -0.4 is 4.74 Å². The van der Waals surface area contributed by atoms with Crippen LogP contribution in [-0.2, 0) is 12.0 Å². The molecule has 2 aromatic carbocycles. The molecule has 27 heavy (non-hydrogen) atoms. The predicted molar refractivity (Wildman–Crippen MR) is 99.0 cm³/mol. The quantitative estimate of drug-likeness (QED) is 0.466. The highest BCUT2D eigenvalue weighted by atomic mass is 16.6. The fourth-order valence-electron chi connectivity index (χ4n) is 3.15. The maximum absolute atomic E-state index is 12.6. The summed E-state index contributed by atoms with van der Waals surface area (Å²) in [5, 5.41) is 11.5.